The van der Waals surface area contributed by atoms with Crippen molar-refractivity contribution >= 4 is 5.95 Å². The molecular weight excluding hydrogens is 326 g/mol. The highest BCUT2D eigenvalue weighted by molar-refractivity contribution is 5.62. The van der Waals surface area contributed by atoms with E-state index in [1.807, 2.05) is 49.8 Å². The Morgan fingerprint density at radius 1 is 1.04 bits per heavy atom. The standard InChI is InChI=1S/C19H19N7/c1-14-6-8-18(9-7-14)26-19(22-23-24-26)20-11-15-4-3-5-16(10-15)17-12-21-25(2)13-17/h3-10,12-13H,11H2,1-2H3,(H,20,22,24). The highest BCUT2D eigenvalue weighted by Gasteiger charge is 2.08. The van der Waals surface area contributed by atoms with Crippen LogP contribution in [-0.4, -0.2) is 30.0 Å². The molecule has 0 radical (unpaired) electrons. The Morgan fingerprint density at radius 3 is 2.65 bits per heavy atom. The largest absolute Gasteiger partial charge is 0.349 e. The van der Waals surface area contributed by atoms with Crippen LogP contribution in [0.2, 0.25) is 0 Å². The highest BCUT2D eigenvalue weighted by Crippen LogP contribution is 2.20. The van der Waals surface area contributed by atoms with Crippen LogP contribution < -0.4 is 5.32 Å². The van der Waals surface area contributed by atoms with Crippen LogP contribution in [0, 0.1) is 6.92 Å². The van der Waals surface area contributed by atoms with Gasteiger partial charge in [-0.3, -0.25) is 4.68 Å². The molecule has 7 nitrogen and oxygen atoms in total. The second-order valence-electron chi connectivity index (χ2n) is 6.21. The normalized spacial score (nSPS) is 10.8. The van der Waals surface area contributed by atoms with E-state index in [2.05, 4.69) is 51.1 Å². The molecule has 0 spiro atoms. The molecule has 0 amide bonds. The summed E-state index contributed by atoms with van der Waals surface area (Å²) in [7, 11) is 1.92. The van der Waals surface area contributed by atoms with Crippen LogP contribution in [-0.2, 0) is 13.6 Å². The molecule has 0 aliphatic carbocycles. The molecule has 2 heterocycles. The Bertz CT molecular complexity index is 1010. The molecule has 0 bridgehead atoms. The maximum atomic E-state index is 4.23. The van der Waals surface area contributed by atoms with Crippen LogP contribution >= 0.6 is 0 Å². The van der Waals surface area contributed by atoms with Crippen molar-refractivity contribution in [2.24, 2.45) is 7.05 Å². The fourth-order valence-corrected chi connectivity index (χ4v) is 2.77. The zero-order chi connectivity index (χ0) is 17.9. The van der Waals surface area contributed by atoms with Crippen molar-refractivity contribution in [1.29, 1.82) is 0 Å². The molecule has 7 heteroatoms. The minimum Gasteiger partial charge on any atom is -0.349 e. The summed E-state index contributed by atoms with van der Waals surface area (Å²) in [5.41, 5.74) is 5.50. The van der Waals surface area contributed by atoms with Gasteiger partial charge in [-0.25, -0.2) is 0 Å². The van der Waals surface area contributed by atoms with Crippen molar-refractivity contribution in [3.05, 3.63) is 72.1 Å². The quantitative estimate of drug-likeness (QED) is 0.602. The van der Waals surface area contributed by atoms with E-state index in [0.29, 0.717) is 12.5 Å². The lowest BCUT2D eigenvalue weighted by molar-refractivity contribution is 0.768. The summed E-state index contributed by atoms with van der Waals surface area (Å²) in [5.74, 6) is 0.612. The summed E-state index contributed by atoms with van der Waals surface area (Å²) in [6, 6.07) is 16.4. The van der Waals surface area contributed by atoms with E-state index >= 15 is 0 Å². The van der Waals surface area contributed by atoms with Gasteiger partial charge in [0.05, 0.1) is 11.9 Å². The fraction of sp³-hybridized carbons (Fsp3) is 0.158. The summed E-state index contributed by atoms with van der Waals surface area (Å²) >= 11 is 0. The minimum absolute atomic E-state index is 0.612. The molecule has 0 unspecified atom stereocenters. The molecule has 4 aromatic rings. The first-order valence-corrected chi connectivity index (χ1v) is 8.36. The van der Waals surface area contributed by atoms with Crippen molar-refractivity contribution in [1.82, 2.24) is 30.0 Å². The number of benzene rings is 2. The van der Waals surface area contributed by atoms with Crippen LogP contribution in [0.15, 0.2) is 60.9 Å². The third-order valence-corrected chi connectivity index (χ3v) is 4.16. The first-order chi connectivity index (χ1) is 12.7. The van der Waals surface area contributed by atoms with Gasteiger partial charge in [-0.1, -0.05) is 41.0 Å². The topological polar surface area (TPSA) is 73.5 Å². The molecule has 130 valence electrons. The molecule has 0 saturated heterocycles. The maximum absolute atomic E-state index is 4.23. The molecular formula is C19H19N7. The highest BCUT2D eigenvalue weighted by atomic mass is 15.6. The Balaban J connectivity index is 1.52. The monoisotopic (exact) mass is 345 g/mol. The van der Waals surface area contributed by atoms with Gasteiger partial charge < -0.3 is 5.32 Å². The number of nitrogens with one attached hydrogen (secondary N) is 1. The number of tetrazole rings is 1. The SMILES string of the molecule is Cc1ccc(-n2nnnc2NCc2cccc(-c3cnn(C)c3)c2)cc1. The number of hydrogen-bond donors (Lipinski definition) is 1. The van der Waals surface area contributed by atoms with Crippen molar-refractivity contribution in [2.75, 3.05) is 5.32 Å². The van der Waals surface area contributed by atoms with Gasteiger partial charge in [-0.15, -0.1) is 0 Å². The smallest absolute Gasteiger partial charge is 0.248 e. The molecule has 1 N–H and O–H groups in total. The van der Waals surface area contributed by atoms with Gasteiger partial charge in [0.25, 0.3) is 0 Å². The van der Waals surface area contributed by atoms with Crippen molar-refractivity contribution in [2.45, 2.75) is 13.5 Å². The van der Waals surface area contributed by atoms with Gasteiger partial charge in [0.15, 0.2) is 0 Å². The van der Waals surface area contributed by atoms with E-state index in [1.165, 1.54) is 5.56 Å². The van der Waals surface area contributed by atoms with Gasteiger partial charge in [0.2, 0.25) is 5.95 Å². The zero-order valence-corrected chi connectivity index (χ0v) is 14.7. The Kier molecular flexibility index (Phi) is 4.18. The number of aryl methyl sites for hydroxylation is 2. The van der Waals surface area contributed by atoms with E-state index < -0.39 is 0 Å². The van der Waals surface area contributed by atoms with E-state index in [4.69, 9.17) is 0 Å². The number of hydrogen-bond acceptors (Lipinski definition) is 5. The van der Waals surface area contributed by atoms with Crippen molar-refractivity contribution in [3.63, 3.8) is 0 Å². The van der Waals surface area contributed by atoms with Crippen molar-refractivity contribution in [3.8, 4) is 16.8 Å². The third-order valence-electron chi connectivity index (χ3n) is 4.16. The molecule has 2 aromatic heterocycles. The van der Waals surface area contributed by atoms with Gasteiger partial charge in [0.1, 0.15) is 0 Å². The molecule has 0 saturated carbocycles. The average Bonchev–Trinajstić information content (AvgIpc) is 3.30. The molecule has 0 aliphatic rings. The van der Waals surface area contributed by atoms with Crippen molar-refractivity contribution < 1.29 is 0 Å². The Morgan fingerprint density at radius 2 is 1.88 bits per heavy atom. The first kappa shape index (κ1) is 16.0. The average molecular weight is 345 g/mol. The fourth-order valence-electron chi connectivity index (χ4n) is 2.77. The number of anilines is 1. The lowest BCUT2D eigenvalue weighted by atomic mass is 10.1. The molecule has 4 rings (SSSR count). The molecule has 2 aromatic carbocycles. The van der Waals surface area contributed by atoms with E-state index in [0.717, 1.165) is 22.4 Å². The lowest BCUT2D eigenvalue weighted by Crippen LogP contribution is -2.07. The predicted molar refractivity (Wildman–Crippen MR) is 99.9 cm³/mol. The van der Waals surface area contributed by atoms with Crippen LogP contribution in [0.1, 0.15) is 11.1 Å². The summed E-state index contributed by atoms with van der Waals surface area (Å²) in [6.07, 6.45) is 3.87. The number of aromatic nitrogens is 6. The summed E-state index contributed by atoms with van der Waals surface area (Å²) in [4.78, 5) is 0. The second-order valence-corrected chi connectivity index (χ2v) is 6.21. The van der Waals surface area contributed by atoms with E-state index in [-0.39, 0.29) is 0 Å². The minimum atomic E-state index is 0.612. The molecule has 26 heavy (non-hydrogen) atoms. The lowest BCUT2D eigenvalue weighted by Gasteiger charge is -2.08. The van der Waals surface area contributed by atoms with Gasteiger partial charge in [0, 0.05) is 25.4 Å². The molecule has 0 fully saturated rings. The third kappa shape index (κ3) is 3.32. The van der Waals surface area contributed by atoms with Gasteiger partial charge >= 0.3 is 0 Å². The molecule has 0 aliphatic heterocycles. The van der Waals surface area contributed by atoms with Crippen LogP contribution in [0.3, 0.4) is 0 Å². The first-order valence-electron chi connectivity index (χ1n) is 8.36. The molecule has 0 atom stereocenters. The second kappa shape index (κ2) is 6.79. The summed E-state index contributed by atoms with van der Waals surface area (Å²) < 4.78 is 3.50. The van der Waals surface area contributed by atoms with E-state index in [1.54, 1.807) is 9.36 Å². The number of nitrogens with zero attached hydrogens (tertiary/aromatic N) is 6. The van der Waals surface area contributed by atoms with Gasteiger partial charge in [-0.05, 0) is 46.7 Å². The number of rotatable bonds is 5. The Hall–Kier alpha value is -3.48. The Labute approximate surface area is 151 Å². The predicted octanol–water partition coefficient (Wildman–Crippen LogP) is 2.98. The zero-order valence-electron chi connectivity index (χ0n) is 14.7. The summed E-state index contributed by atoms with van der Waals surface area (Å²) in [6.45, 7) is 2.68. The van der Waals surface area contributed by atoms with Gasteiger partial charge in [-0.2, -0.15) is 9.78 Å². The van der Waals surface area contributed by atoms with Crippen LogP contribution in [0.4, 0.5) is 5.95 Å². The van der Waals surface area contributed by atoms with E-state index in [9.17, 15) is 0 Å². The van der Waals surface area contributed by atoms with Crippen LogP contribution in [0.5, 0.6) is 0 Å². The maximum Gasteiger partial charge on any atom is 0.248 e. The van der Waals surface area contributed by atoms with Crippen LogP contribution in [0.25, 0.3) is 16.8 Å². The summed E-state index contributed by atoms with van der Waals surface area (Å²) in [5, 5.41) is 19.5.